The lowest BCUT2D eigenvalue weighted by atomic mass is 10.1. The Hall–Kier alpha value is -2.74. The van der Waals surface area contributed by atoms with Gasteiger partial charge in [-0.2, -0.15) is 0 Å². The minimum Gasteiger partial charge on any atom is -0.353 e. The summed E-state index contributed by atoms with van der Waals surface area (Å²) in [5.74, 6) is 0.194. The average Bonchev–Trinajstić information content (AvgIpc) is 2.96. The standard InChI is InChI=1S/C20H19BrN4O3/c21-14-4-5-15-16(13-14)20(28)25(19(15)27)8-6-18(26)24-11-9-23(10-12-24)17-3-1-2-7-22-17/h1-5,7,13H,6,8-12H2. The first-order valence-electron chi connectivity index (χ1n) is 9.14. The molecular weight excluding hydrogens is 424 g/mol. The molecule has 0 N–H and O–H groups in total. The van der Waals surface area contributed by atoms with Gasteiger partial charge < -0.3 is 9.80 Å². The molecule has 0 atom stereocenters. The van der Waals surface area contributed by atoms with Crippen LogP contribution >= 0.6 is 15.9 Å². The van der Waals surface area contributed by atoms with Crippen molar-refractivity contribution < 1.29 is 14.4 Å². The Morgan fingerprint density at radius 1 is 1.00 bits per heavy atom. The Morgan fingerprint density at radius 3 is 2.46 bits per heavy atom. The van der Waals surface area contributed by atoms with Gasteiger partial charge in [0.25, 0.3) is 11.8 Å². The number of nitrogens with zero attached hydrogens (tertiary/aromatic N) is 4. The van der Waals surface area contributed by atoms with Crippen LogP contribution in [0.2, 0.25) is 0 Å². The van der Waals surface area contributed by atoms with Crippen LogP contribution < -0.4 is 4.90 Å². The SMILES string of the molecule is O=C(CCN1C(=O)c2ccc(Br)cc2C1=O)N1CCN(c2ccccn2)CC1. The third kappa shape index (κ3) is 3.52. The monoisotopic (exact) mass is 442 g/mol. The third-order valence-corrected chi connectivity index (χ3v) is 5.58. The second-order valence-corrected chi connectivity index (χ2v) is 7.67. The number of halogens is 1. The molecule has 2 aromatic rings. The second-order valence-electron chi connectivity index (χ2n) is 6.76. The predicted octanol–water partition coefficient (Wildman–Crippen LogP) is 2.18. The molecule has 4 rings (SSSR count). The molecule has 0 radical (unpaired) electrons. The van der Waals surface area contributed by atoms with Gasteiger partial charge in [-0.1, -0.05) is 22.0 Å². The highest BCUT2D eigenvalue weighted by atomic mass is 79.9. The lowest BCUT2D eigenvalue weighted by Gasteiger charge is -2.35. The second kappa shape index (κ2) is 7.71. The Bertz CT molecular complexity index is 926. The maximum absolute atomic E-state index is 12.6. The molecule has 7 nitrogen and oxygen atoms in total. The quantitative estimate of drug-likeness (QED) is 0.678. The van der Waals surface area contributed by atoms with Crippen molar-refractivity contribution in [3.8, 4) is 0 Å². The summed E-state index contributed by atoms with van der Waals surface area (Å²) < 4.78 is 0.746. The Kier molecular flexibility index (Phi) is 5.13. The molecule has 2 aliphatic heterocycles. The first-order valence-corrected chi connectivity index (χ1v) is 9.93. The number of aromatic nitrogens is 1. The smallest absolute Gasteiger partial charge is 0.261 e. The van der Waals surface area contributed by atoms with E-state index in [9.17, 15) is 14.4 Å². The minimum absolute atomic E-state index is 0.0431. The molecule has 1 aromatic heterocycles. The number of carbonyl (C=O) groups is 3. The van der Waals surface area contributed by atoms with E-state index in [2.05, 4.69) is 25.8 Å². The summed E-state index contributed by atoms with van der Waals surface area (Å²) in [5.41, 5.74) is 0.778. The van der Waals surface area contributed by atoms with Crippen LogP contribution in [0.25, 0.3) is 0 Å². The molecule has 3 amide bonds. The fourth-order valence-electron chi connectivity index (χ4n) is 3.56. The summed E-state index contributed by atoms with van der Waals surface area (Å²) in [6.45, 7) is 2.73. The zero-order valence-electron chi connectivity index (χ0n) is 15.2. The number of imide groups is 1. The molecule has 0 aliphatic carbocycles. The van der Waals surface area contributed by atoms with Crippen LogP contribution in [0, 0.1) is 0 Å². The van der Waals surface area contributed by atoms with Gasteiger partial charge in [0.1, 0.15) is 5.82 Å². The van der Waals surface area contributed by atoms with E-state index in [1.807, 2.05) is 18.2 Å². The number of carbonyl (C=O) groups excluding carboxylic acids is 3. The molecule has 28 heavy (non-hydrogen) atoms. The van der Waals surface area contributed by atoms with Crippen LogP contribution in [-0.4, -0.2) is 65.2 Å². The number of benzene rings is 1. The van der Waals surface area contributed by atoms with Gasteiger partial charge in [0.2, 0.25) is 5.91 Å². The first kappa shape index (κ1) is 18.6. The van der Waals surface area contributed by atoms with Gasteiger partial charge >= 0.3 is 0 Å². The zero-order valence-corrected chi connectivity index (χ0v) is 16.8. The molecule has 8 heteroatoms. The summed E-state index contributed by atoms with van der Waals surface area (Å²) in [7, 11) is 0. The fraction of sp³-hybridized carbons (Fsp3) is 0.300. The molecule has 1 saturated heterocycles. The summed E-state index contributed by atoms with van der Waals surface area (Å²) in [6, 6.07) is 10.8. The van der Waals surface area contributed by atoms with Gasteiger partial charge in [-0.15, -0.1) is 0 Å². The lowest BCUT2D eigenvalue weighted by Crippen LogP contribution is -2.49. The van der Waals surface area contributed by atoms with E-state index in [4.69, 9.17) is 0 Å². The number of pyridine rings is 1. The van der Waals surface area contributed by atoms with E-state index in [1.165, 1.54) is 4.90 Å². The van der Waals surface area contributed by atoms with Gasteiger partial charge in [-0.3, -0.25) is 19.3 Å². The summed E-state index contributed by atoms with van der Waals surface area (Å²) in [5, 5.41) is 0. The van der Waals surface area contributed by atoms with Gasteiger partial charge in [-0.05, 0) is 30.3 Å². The number of fused-ring (bicyclic) bond motifs is 1. The highest BCUT2D eigenvalue weighted by molar-refractivity contribution is 9.10. The number of hydrogen-bond acceptors (Lipinski definition) is 5. The maximum Gasteiger partial charge on any atom is 0.261 e. The Morgan fingerprint density at radius 2 is 1.75 bits per heavy atom. The topological polar surface area (TPSA) is 73.8 Å². The van der Waals surface area contributed by atoms with Crippen molar-refractivity contribution in [2.45, 2.75) is 6.42 Å². The van der Waals surface area contributed by atoms with Crippen molar-refractivity contribution >= 4 is 39.5 Å². The number of rotatable bonds is 4. The van der Waals surface area contributed by atoms with Crippen LogP contribution in [-0.2, 0) is 4.79 Å². The molecule has 1 fully saturated rings. The molecule has 144 valence electrons. The van der Waals surface area contributed by atoms with E-state index >= 15 is 0 Å². The van der Waals surface area contributed by atoms with Crippen LogP contribution in [0.3, 0.4) is 0 Å². The van der Waals surface area contributed by atoms with E-state index in [0.29, 0.717) is 37.3 Å². The molecule has 0 unspecified atom stereocenters. The molecule has 3 heterocycles. The van der Waals surface area contributed by atoms with E-state index in [1.54, 1.807) is 29.3 Å². The van der Waals surface area contributed by atoms with Gasteiger partial charge in [0.15, 0.2) is 0 Å². The predicted molar refractivity (Wildman–Crippen MR) is 107 cm³/mol. The van der Waals surface area contributed by atoms with Crippen molar-refractivity contribution in [3.05, 3.63) is 58.2 Å². The zero-order chi connectivity index (χ0) is 19.7. The van der Waals surface area contributed by atoms with E-state index in [-0.39, 0.29) is 30.7 Å². The maximum atomic E-state index is 12.6. The molecule has 1 aromatic carbocycles. The van der Waals surface area contributed by atoms with Crippen molar-refractivity contribution in [2.75, 3.05) is 37.6 Å². The van der Waals surface area contributed by atoms with Crippen LogP contribution in [0.4, 0.5) is 5.82 Å². The molecule has 0 saturated carbocycles. The van der Waals surface area contributed by atoms with Crippen molar-refractivity contribution in [2.24, 2.45) is 0 Å². The molecule has 0 spiro atoms. The Labute approximate surface area is 171 Å². The van der Waals surface area contributed by atoms with Crippen LogP contribution in [0.1, 0.15) is 27.1 Å². The fourth-order valence-corrected chi connectivity index (χ4v) is 3.92. The molecular formula is C20H19BrN4O3. The Balaban J connectivity index is 1.32. The van der Waals surface area contributed by atoms with E-state index < -0.39 is 0 Å². The largest absolute Gasteiger partial charge is 0.353 e. The van der Waals surface area contributed by atoms with Gasteiger partial charge in [0.05, 0.1) is 11.1 Å². The van der Waals surface area contributed by atoms with Gasteiger partial charge in [-0.25, -0.2) is 4.98 Å². The van der Waals surface area contributed by atoms with Crippen molar-refractivity contribution in [3.63, 3.8) is 0 Å². The number of anilines is 1. The van der Waals surface area contributed by atoms with Crippen LogP contribution in [0.15, 0.2) is 47.1 Å². The van der Waals surface area contributed by atoms with E-state index in [0.717, 1.165) is 10.3 Å². The summed E-state index contributed by atoms with van der Waals surface area (Å²) >= 11 is 3.32. The van der Waals surface area contributed by atoms with Crippen molar-refractivity contribution in [1.29, 1.82) is 0 Å². The lowest BCUT2D eigenvalue weighted by molar-refractivity contribution is -0.131. The average molecular weight is 443 g/mol. The first-order chi connectivity index (χ1) is 13.5. The number of piperazine rings is 1. The highest BCUT2D eigenvalue weighted by Gasteiger charge is 2.36. The normalized spacial score (nSPS) is 16.5. The highest BCUT2D eigenvalue weighted by Crippen LogP contribution is 2.26. The molecule has 2 aliphatic rings. The number of amides is 3. The third-order valence-electron chi connectivity index (χ3n) is 5.09. The minimum atomic E-state index is -0.339. The number of hydrogen-bond donors (Lipinski definition) is 0. The van der Waals surface area contributed by atoms with Gasteiger partial charge in [0, 0.05) is 49.8 Å². The molecule has 0 bridgehead atoms. The summed E-state index contributed by atoms with van der Waals surface area (Å²) in [4.78, 5) is 47.0. The van der Waals surface area contributed by atoms with Crippen LogP contribution in [0.5, 0.6) is 0 Å². The van der Waals surface area contributed by atoms with Crippen molar-refractivity contribution in [1.82, 2.24) is 14.8 Å². The summed E-state index contributed by atoms with van der Waals surface area (Å²) in [6.07, 6.45) is 1.89.